The molecule has 1 aromatic heterocycles. The van der Waals surface area contributed by atoms with Crippen LogP contribution >= 0.6 is 0 Å². The molecule has 0 aliphatic heterocycles. The van der Waals surface area contributed by atoms with Gasteiger partial charge in [0.25, 0.3) is 5.56 Å². The van der Waals surface area contributed by atoms with Gasteiger partial charge in [0.05, 0.1) is 24.6 Å². The van der Waals surface area contributed by atoms with Crippen LogP contribution in [0, 0.1) is 0 Å². The van der Waals surface area contributed by atoms with Crippen molar-refractivity contribution in [3.63, 3.8) is 0 Å². The van der Waals surface area contributed by atoms with E-state index in [0.29, 0.717) is 47.9 Å². The van der Waals surface area contributed by atoms with Crippen LogP contribution < -0.4 is 15.0 Å². The number of ether oxygens (including phenoxy) is 2. The average molecular weight is 415 g/mol. The summed E-state index contributed by atoms with van der Waals surface area (Å²) in [5.41, 5.74) is 2.77. The number of hydrogen-bond acceptors (Lipinski definition) is 5. The third-order valence-corrected chi connectivity index (χ3v) is 5.00. The maximum absolute atomic E-state index is 12.3. The first kappa shape index (κ1) is 20.6. The molecular formula is C25H25N3O3. The molecule has 1 N–H and O–H groups in total. The summed E-state index contributed by atoms with van der Waals surface area (Å²) in [7, 11) is 3.63. The first-order valence-electron chi connectivity index (χ1n) is 10.1. The van der Waals surface area contributed by atoms with Gasteiger partial charge in [-0.1, -0.05) is 48.5 Å². The van der Waals surface area contributed by atoms with E-state index in [1.807, 2.05) is 73.8 Å². The average Bonchev–Trinajstić information content (AvgIpc) is 2.78. The molecule has 3 aromatic carbocycles. The molecule has 4 rings (SSSR count). The topological polar surface area (TPSA) is 67.5 Å². The molecule has 0 saturated carbocycles. The number of nitrogens with one attached hydrogen (secondary N) is 1. The molecule has 0 unspecified atom stereocenters. The van der Waals surface area contributed by atoms with Crippen LogP contribution in [0.1, 0.15) is 17.0 Å². The molecule has 158 valence electrons. The van der Waals surface area contributed by atoms with Gasteiger partial charge in [-0.25, -0.2) is 4.98 Å². The van der Waals surface area contributed by atoms with Crippen molar-refractivity contribution >= 4 is 10.9 Å². The molecule has 31 heavy (non-hydrogen) atoms. The van der Waals surface area contributed by atoms with Gasteiger partial charge in [-0.2, -0.15) is 0 Å². The zero-order valence-electron chi connectivity index (χ0n) is 17.7. The largest absolute Gasteiger partial charge is 0.493 e. The molecular weight excluding hydrogens is 390 g/mol. The van der Waals surface area contributed by atoms with Crippen molar-refractivity contribution in [3.05, 3.63) is 100 Å². The number of methoxy groups -OCH3 is 1. The molecule has 1 heterocycles. The van der Waals surface area contributed by atoms with Crippen molar-refractivity contribution < 1.29 is 9.47 Å². The first-order chi connectivity index (χ1) is 15.1. The Morgan fingerprint density at radius 2 is 1.68 bits per heavy atom. The molecule has 0 saturated heterocycles. The summed E-state index contributed by atoms with van der Waals surface area (Å²) in [4.78, 5) is 21.8. The van der Waals surface area contributed by atoms with Crippen LogP contribution in [0.25, 0.3) is 10.9 Å². The Labute approximate surface area is 181 Å². The minimum atomic E-state index is -0.115. The second-order valence-corrected chi connectivity index (χ2v) is 7.46. The Bertz CT molecular complexity index is 1220. The highest BCUT2D eigenvalue weighted by atomic mass is 16.5. The number of rotatable bonds is 8. The quantitative estimate of drug-likeness (QED) is 0.468. The van der Waals surface area contributed by atoms with E-state index in [4.69, 9.17) is 9.47 Å². The Kier molecular flexibility index (Phi) is 6.29. The molecule has 6 heteroatoms. The number of H-pyrrole nitrogens is 1. The van der Waals surface area contributed by atoms with Crippen LogP contribution in [0.5, 0.6) is 11.5 Å². The second kappa shape index (κ2) is 9.45. The maximum Gasteiger partial charge on any atom is 0.258 e. The number of hydrogen-bond donors (Lipinski definition) is 1. The number of para-hydroxylation sites is 1. The number of nitrogens with zero attached hydrogens (tertiary/aromatic N) is 2. The third-order valence-electron chi connectivity index (χ3n) is 5.00. The molecule has 0 aliphatic carbocycles. The third kappa shape index (κ3) is 5.10. The van der Waals surface area contributed by atoms with Crippen LogP contribution in [0.2, 0.25) is 0 Å². The molecule has 4 aromatic rings. The Morgan fingerprint density at radius 1 is 0.903 bits per heavy atom. The summed E-state index contributed by atoms with van der Waals surface area (Å²) in [6.07, 6.45) is 0. The molecule has 0 fully saturated rings. The van der Waals surface area contributed by atoms with Crippen molar-refractivity contribution in [2.45, 2.75) is 19.7 Å². The fourth-order valence-electron chi connectivity index (χ4n) is 3.50. The zero-order chi connectivity index (χ0) is 21.6. The van der Waals surface area contributed by atoms with Crippen molar-refractivity contribution in [2.24, 2.45) is 0 Å². The molecule has 0 spiro atoms. The van der Waals surface area contributed by atoms with Crippen LogP contribution in [0.3, 0.4) is 0 Å². The number of aromatic nitrogens is 2. The van der Waals surface area contributed by atoms with Crippen molar-refractivity contribution in [1.29, 1.82) is 0 Å². The van der Waals surface area contributed by atoms with Crippen molar-refractivity contribution in [2.75, 3.05) is 14.2 Å². The van der Waals surface area contributed by atoms with Gasteiger partial charge in [-0.15, -0.1) is 0 Å². The Morgan fingerprint density at radius 3 is 2.48 bits per heavy atom. The fraction of sp³-hybridized carbons (Fsp3) is 0.200. The summed E-state index contributed by atoms with van der Waals surface area (Å²) >= 11 is 0. The normalized spacial score (nSPS) is 11.1. The van der Waals surface area contributed by atoms with E-state index in [9.17, 15) is 4.79 Å². The smallest absolute Gasteiger partial charge is 0.258 e. The summed E-state index contributed by atoms with van der Waals surface area (Å²) < 4.78 is 11.5. The van der Waals surface area contributed by atoms with E-state index in [-0.39, 0.29) is 5.56 Å². The highest BCUT2D eigenvalue weighted by Crippen LogP contribution is 2.29. The van der Waals surface area contributed by atoms with E-state index < -0.39 is 0 Å². The lowest BCUT2D eigenvalue weighted by atomic mass is 10.2. The van der Waals surface area contributed by atoms with E-state index in [1.54, 1.807) is 13.2 Å². The summed E-state index contributed by atoms with van der Waals surface area (Å²) in [6.45, 7) is 1.68. The summed E-state index contributed by atoms with van der Waals surface area (Å²) in [5.74, 6) is 2.04. The summed E-state index contributed by atoms with van der Waals surface area (Å²) in [5, 5.41) is 0.602. The van der Waals surface area contributed by atoms with Gasteiger partial charge in [-0.3, -0.25) is 9.69 Å². The number of benzene rings is 3. The molecule has 0 atom stereocenters. The Balaban J connectivity index is 1.43. The van der Waals surface area contributed by atoms with Crippen LogP contribution in [-0.4, -0.2) is 29.0 Å². The molecule has 0 bridgehead atoms. The van der Waals surface area contributed by atoms with Crippen LogP contribution in [0.15, 0.2) is 77.6 Å². The van der Waals surface area contributed by atoms with E-state index in [1.165, 1.54) is 0 Å². The van der Waals surface area contributed by atoms with Crippen LogP contribution in [0.4, 0.5) is 0 Å². The van der Waals surface area contributed by atoms with Gasteiger partial charge in [0.1, 0.15) is 12.4 Å². The van der Waals surface area contributed by atoms with Crippen molar-refractivity contribution in [3.8, 4) is 11.5 Å². The lowest BCUT2D eigenvalue weighted by Crippen LogP contribution is -2.21. The monoisotopic (exact) mass is 415 g/mol. The fourth-order valence-corrected chi connectivity index (χ4v) is 3.50. The van der Waals surface area contributed by atoms with Gasteiger partial charge in [-0.05, 0) is 42.4 Å². The van der Waals surface area contributed by atoms with E-state index in [2.05, 4.69) is 14.9 Å². The Hall–Kier alpha value is -3.64. The molecule has 0 amide bonds. The minimum absolute atomic E-state index is 0.115. The number of fused-ring (bicyclic) bond motifs is 1. The SMILES string of the molecule is COc1cc(CN(C)Cc2nc3ccccc3c(=O)[nH]2)ccc1OCc1ccccc1. The lowest BCUT2D eigenvalue weighted by molar-refractivity contribution is 0.282. The van der Waals surface area contributed by atoms with Gasteiger partial charge in [0, 0.05) is 6.54 Å². The first-order valence-corrected chi connectivity index (χ1v) is 10.1. The molecule has 6 nitrogen and oxygen atoms in total. The number of aromatic amines is 1. The van der Waals surface area contributed by atoms with Gasteiger partial charge >= 0.3 is 0 Å². The lowest BCUT2D eigenvalue weighted by Gasteiger charge is -2.18. The van der Waals surface area contributed by atoms with Gasteiger partial charge < -0.3 is 14.5 Å². The van der Waals surface area contributed by atoms with E-state index in [0.717, 1.165) is 11.1 Å². The predicted molar refractivity (Wildman–Crippen MR) is 121 cm³/mol. The standard InChI is InChI=1S/C25H25N3O3/c1-28(16-24-26-21-11-7-6-10-20(21)25(29)27-24)15-19-12-13-22(23(14-19)30-2)31-17-18-8-4-3-5-9-18/h3-14H,15-17H2,1-2H3,(H,26,27,29). The van der Waals surface area contributed by atoms with E-state index >= 15 is 0 Å². The minimum Gasteiger partial charge on any atom is -0.493 e. The van der Waals surface area contributed by atoms with Gasteiger partial charge in [0.15, 0.2) is 11.5 Å². The molecule has 0 aliphatic rings. The maximum atomic E-state index is 12.3. The van der Waals surface area contributed by atoms with Crippen molar-refractivity contribution in [1.82, 2.24) is 14.9 Å². The van der Waals surface area contributed by atoms with Crippen LogP contribution in [-0.2, 0) is 19.7 Å². The second-order valence-electron chi connectivity index (χ2n) is 7.46. The highest BCUT2D eigenvalue weighted by molar-refractivity contribution is 5.77. The zero-order valence-corrected chi connectivity index (χ0v) is 17.7. The highest BCUT2D eigenvalue weighted by Gasteiger charge is 2.10. The van der Waals surface area contributed by atoms with Gasteiger partial charge in [0.2, 0.25) is 0 Å². The predicted octanol–water partition coefficient (Wildman–Crippen LogP) is 4.14. The molecule has 0 radical (unpaired) electrons. The summed E-state index contributed by atoms with van der Waals surface area (Å²) in [6, 6.07) is 23.3.